The molecule has 2 nitrogen and oxygen atoms in total. The monoisotopic (exact) mass is 417 g/mol. The normalized spacial score (nSPS) is 12.1. The average Bonchev–Trinajstić information content (AvgIpc) is 2.78. The van der Waals surface area contributed by atoms with Gasteiger partial charge in [0.15, 0.2) is 0 Å². The number of nitrogens with zero attached hydrogens (tertiary/aromatic N) is 1. The first kappa shape index (κ1) is 26.9. The molecule has 1 aromatic rings. The summed E-state index contributed by atoms with van der Waals surface area (Å²) < 4.78 is 6.00. The minimum Gasteiger partial charge on any atom is -0.494 e. The van der Waals surface area contributed by atoms with Gasteiger partial charge in [-0.3, -0.25) is 0 Å². The van der Waals surface area contributed by atoms with Crippen LogP contribution < -0.4 is 9.64 Å². The van der Waals surface area contributed by atoms with Crippen LogP contribution in [0.4, 0.5) is 5.69 Å². The lowest BCUT2D eigenvalue weighted by Gasteiger charge is -2.29. The number of hydrogen-bond acceptors (Lipinski definition) is 2. The van der Waals surface area contributed by atoms with Gasteiger partial charge >= 0.3 is 0 Å². The van der Waals surface area contributed by atoms with Crippen LogP contribution in [-0.2, 0) is 0 Å². The van der Waals surface area contributed by atoms with Crippen molar-refractivity contribution in [2.45, 2.75) is 118 Å². The molecular formula is C28H51NO. The molecule has 0 aromatic heterocycles. The molecule has 0 heterocycles. The molecule has 0 spiro atoms. The second-order valence-electron chi connectivity index (χ2n) is 9.03. The topological polar surface area (TPSA) is 12.5 Å². The van der Waals surface area contributed by atoms with Crippen molar-refractivity contribution in [2.75, 3.05) is 24.6 Å². The Balaban J connectivity index is 2.54. The molecule has 0 amide bonds. The molecule has 0 radical (unpaired) electrons. The van der Waals surface area contributed by atoms with E-state index in [1.807, 2.05) is 0 Å². The second-order valence-corrected chi connectivity index (χ2v) is 9.03. The van der Waals surface area contributed by atoms with Crippen molar-refractivity contribution in [1.29, 1.82) is 0 Å². The molecule has 0 fully saturated rings. The molecule has 1 atom stereocenters. The number of unbranched alkanes of at least 4 members (excludes halogenated alkanes) is 9. The lowest BCUT2D eigenvalue weighted by atomic mass is 9.98. The Labute approximate surface area is 188 Å². The summed E-state index contributed by atoms with van der Waals surface area (Å²) in [4.78, 5) is 2.64. The first-order chi connectivity index (χ1) is 14.7. The molecule has 2 heteroatoms. The highest BCUT2D eigenvalue weighted by atomic mass is 16.5. The van der Waals surface area contributed by atoms with E-state index in [-0.39, 0.29) is 0 Å². The van der Waals surface area contributed by atoms with Crippen molar-refractivity contribution in [3.63, 3.8) is 0 Å². The zero-order valence-electron chi connectivity index (χ0n) is 20.8. The van der Waals surface area contributed by atoms with Crippen LogP contribution in [-0.4, -0.2) is 19.7 Å². The largest absolute Gasteiger partial charge is 0.494 e. The average molecular weight is 418 g/mol. The third-order valence-electron chi connectivity index (χ3n) is 6.27. The molecular weight excluding hydrogens is 366 g/mol. The van der Waals surface area contributed by atoms with Crippen molar-refractivity contribution >= 4 is 5.69 Å². The lowest BCUT2D eigenvalue weighted by Crippen LogP contribution is -2.30. The Hall–Kier alpha value is -1.18. The maximum absolute atomic E-state index is 6.00. The molecule has 0 aliphatic heterocycles. The van der Waals surface area contributed by atoms with Gasteiger partial charge in [-0.2, -0.15) is 0 Å². The van der Waals surface area contributed by atoms with Gasteiger partial charge in [0, 0.05) is 18.8 Å². The fourth-order valence-electron chi connectivity index (χ4n) is 4.11. The SMILES string of the molecule is CCCCCCCCOc1ccc(N(CCCCCC)CC(CC)CCCC)cc1. The summed E-state index contributed by atoms with van der Waals surface area (Å²) >= 11 is 0. The van der Waals surface area contributed by atoms with Crippen molar-refractivity contribution < 1.29 is 4.74 Å². The van der Waals surface area contributed by atoms with Gasteiger partial charge in [0.2, 0.25) is 0 Å². The summed E-state index contributed by atoms with van der Waals surface area (Å²) in [6.07, 6.45) is 18.5. The second kappa shape index (κ2) is 18.6. The van der Waals surface area contributed by atoms with Gasteiger partial charge in [0.05, 0.1) is 6.61 Å². The van der Waals surface area contributed by atoms with E-state index in [9.17, 15) is 0 Å². The molecule has 0 saturated carbocycles. The molecule has 0 aliphatic rings. The zero-order valence-corrected chi connectivity index (χ0v) is 20.8. The first-order valence-electron chi connectivity index (χ1n) is 13.2. The van der Waals surface area contributed by atoms with Gasteiger partial charge in [0.1, 0.15) is 5.75 Å². The van der Waals surface area contributed by atoms with Crippen molar-refractivity contribution in [2.24, 2.45) is 5.92 Å². The van der Waals surface area contributed by atoms with Crippen LogP contribution in [0.5, 0.6) is 5.75 Å². The van der Waals surface area contributed by atoms with Crippen LogP contribution in [0.15, 0.2) is 24.3 Å². The quantitative estimate of drug-likeness (QED) is 0.196. The van der Waals surface area contributed by atoms with Gasteiger partial charge in [-0.15, -0.1) is 0 Å². The summed E-state index contributed by atoms with van der Waals surface area (Å²) in [7, 11) is 0. The number of anilines is 1. The molecule has 0 aliphatic carbocycles. The Morgan fingerprint density at radius 1 is 0.700 bits per heavy atom. The molecule has 1 aromatic carbocycles. The predicted octanol–water partition coefficient (Wildman–Crippen LogP) is 9.03. The van der Waals surface area contributed by atoms with E-state index in [0.717, 1.165) is 18.3 Å². The molecule has 174 valence electrons. The van der Waals surface area contributed by atoms with E-state index in [2.05, 4.69) is 56.9 Å². The summed E-state index contributed by atoms with van der Waals surface area (Å²) in [6, 6.07) is 8.92. The van der Waals surface area contributed by atoms with Gasteiger partial charge in [-0.1, -0.05) is 98.3 Å². The van der Waals surface area contributed by atoms with Crippen molar-refractivity contribution in [1.82, 2.24) is 0 Å². The molecule has 30 heavy (non-hydrogen) atoms. The zero-order chi connectivity index (χ0) is 21.9. The summed E-state index contributed by atoms with van der Waals surface area (Å²) in [5.41, 5.74) is 1.37. The van der Waals surface area contributed by atoms with Crippen LogP contribution in [0.3, 0.4) is 0 Å². The van der Waals surface area contributed by atoms with Crippen LogP contribution in [0.2, 0.25) is 0 Å². The van der Waals surface area contributed by atoms with E-state index in [0.29, 0.717) is 0 Å². The summed E-state index contributed by atoms with van der Waals surface area (Å²) in [6.45, 7) is 12.4. The maximum atomic E-state index is 6.00. The highest BCUT2D eigenvalue weighted by Gasteiger charge is 2.13. The van der Waals surface area contributed by atoms with Gasteiger partial charge < -0.3 is 9.64 Å². The van der Waals surface area contributed by atoms with E-state index in [1.54, 1.807) is 0 Å². The van der Waals surface area contributed by atoms with Crippen LogP contribution in [0.25, 0.3) is 0 Å². The third-order valence-corrected chi connectivity index (χ3v) is 6.27. The smallest absolute Gasteiger partial charge is 0.119 e. The predicted molar refractivity (Wildman–Crippen MR) is 135 cm³/mol. The van der Waals surface area contributed by atoms with E-state index in [1.165, 1.54) is 109 Å². The Bertz CT molecular complexity index is 484. The molecule has 1 unspecified atom stereocenters. The Morgan fingerprint density at radius 3 is 1.93 bits per heavy atom. The van der Waals surface area contributed by atoms with E-state index < -0.39 is 0 Å². The number of rotatable bonds is 20. The van der Waals surface area contributed by atoms with E-state index in [4.69, 9.17) is 4.74 Å². The van der Waals surface area contributed by atoms with Crippen molar-refractivity contribution in [3.05, 3.63) is 24.3 Å². The highest BCUT2D eigenvalue weighted by molar-refractivity contribution is 5.49. The Kier molecular flexibility index (Phi) is 16.6. The third kappa shape index (κ3) is 12.5. The van der Waals surface area contributed by atoms with Gasteiger partial charge in [-0.25, -0.2) is 0 Å². The number of hydrogen-bond donors (Lipinski definition) is 0. The Morgan fingerprint density at radius 2 is 1.30 bits per heavy atom. The van der Waals surface area contributed by atoms with Crippen LogP contribution in [0, 0.1) is 5.92 Å². The molecule has 0 bridgehead atoms. The van der Waals surface area contributed by atoms with Gasteiger partial charge in [0.25, 0.3) is 0 Å². The molecule has 0 saturated heterocycles. The highest BCUT2D eigenvalue weighted by Crippen LogP contribution is 2.24. The van der Waals surface area contributed by atoms with Crippen LogP contribution in [0.1, 0.15) is 118 Å². The summed E-state index contributed by atoms with van der Waals surface area (Å²) in [5.74, 6) is 1.83. The first-order valence-corrected chi connectivity index (χ1v) is 13.2. The lowest BCUT2D eigenvalue weighted by molar-refractivity contribution is 0.304. The van der Waals surface area contributed by atoms with E-state index >= 15 is 0 Å². The fourth-order valence-corrected chi connectivity index (χ4v) is 4.11. The van der Waals surface area contributed by atoms with Crippen LogP contribution >= 0.6 is 0 Å². The number of benzene rings is 1. The summed E-state index contributed by atoms with van der Waals surface area (Å²) in [5, 5.41) is 0. The molecule has 0 N–H and O–H groups in total. The fraction of sp³-hybridized carbons (Fsp3) is 0.786. The van der Waals surface area contributed by atoms with Gasteiger partial charge in [-0.05, 0) is 49.4 Å². The number of ether oxygens (including phenoxy) is 1. The standard InChI is InChI=1S/C28H51NO/c1-5-9-12-14-15-17-24-30-28-21-19-27(20-22-28)29(23-16-13-10-6-2)25-26(8-4)18-11-7-3/h19-22,26H,5-18,23-25H2,1-4H3. The minimum atomic E-state index is 0.805. The molecule has 1 rings (SSSR count). The van der Waals surface area contributed by atoms with Crippen molar-refractivity contribution in [3.8, 4) is 5.75 Å². The maximum Gasteiger partial charge on any atom is 0.119 e. The minimum absolute atomic E-state index is 0.805.